The third kappa shape index (κ3) is 4.32. The van der Waals surface area contributed by atoms with Crippen molar-refractivity contribution in [3.63, 3.8) is 0 Å². The number of rotatable bonds is 5. The third-order valence-corrected chi connectivity index (χ3v) is 5.13. The van der Waals surface area contributed by atoms with E-state index in [9.17, 15) is 4.79 Å². The van der Waals surface area contributed by atoms with Crippen LogP contribution in [0.25, 0.3) is 10.6 Å². The van der Waals surface area contributed by atoms with Gasteiger partial charge in [0.1, 0.15) is 5.01 Å². The van der Waals surface area contributed by atoms with E-state index < -0.39 is 0 Å². The molecule has 6 nitrogen and oxygen atoms in total. The minimum absolute atomic E-state index is 0.205. The van der Waals surface area contributed by atoms with Gasteiger partial charge in [-0.15, -0.1) is 11.3 Å². The Morgan fingerprint density at radius 1 is 1.15 bits per heavy atom. The maximum atomic E-state index is 12.0. The summed E-state index contributed by atoms with van der Waals surface area (Å²) in [6, 6.07) is 12.6. The van der Waals surface area contributed by atoms with E-state index in [1.807, 2.05) is 29.6 Å². The number of aromatic nitrogens is 1. The van der Waals surface area contributed by atoms with Gasteiger partial charge in [0.05, 0.1) is 5.69 Å². The van der Waals surface area contributed by atoms with Crippen LogP contribution in [-0.2, 0) is 6.42 Å². The van der Waals surface area contributed by atoms with Gasteiger partial charge in [-0.1, -0.05) is 23.7 Å². The fourth-order valence-corrected chi connectivity index (χ4v) is 3.59. The lowest BCUT2D eigenvalue weighted by atomic mass is 10.2. The van der Waals surface area contributed by atoms with E-state index in [1.54, 1.807) is 29.5 Å². The Labute approximate surface area is 165 Å². The van der Waals surface area contributed by atoms with Crippen LogP contribution in [0.3, 0.4) is 0 Å². The van der Waals surface area contributed by atoms with Gasteiger partial charge >= 0.3 is 6.03 Å². The summed E-state index contributed by atoms with van der Waals surface area (Å²) in [4.78, 5) is 16.6. The maximum absolute atomic E-state index is 12.0. The number of nitrogens with zero attached hydrogens (tertiary/aromatic N) is 1. The maximum Gasteiger partial charge on any atom is 0.319 e. The third-order valence-electron chi connectivity index (χ3n) is 3.94. The molecule has 0 bridgehead atoms. The molecule has 0 saturated heterocycles. The van der Waals surface area contributed by atoms with E-state index in [2.05, 4.69) is 15.6 Å². The van der Waals surface area contributed by atoms with Crippen molar-refractivity contribution in [1.29, 1.82) is 0 Å². The number of halogens is 1. The zero-order valence-electron chi connectivity index (χ0n) is 14.2. The Kier molecular flexibility index (Phi) is 5.13. The summed E-state index contributed by atoms with van der Waals surface area (Å²) < 4.78 is 10.5. The Morgan fingerprint density at radius 3 is 2.81 bits per heavy atom. The molecule has 2 aromatic carbocycles. The van der Waals surface area contributed by atoms with Gasteiger partial charge in [-0.05, 0) is 24.3 Å². The predicted octanol–water partition coefficient (Wildman–Crippen LogP) is 4.56. The highest BCUT2D eigenvalue weighted by Gasteiger charge is 2.14. The van der Waals surface area contributed by atoms with E-state index >= 15 is 0 Å². The molecule has 0 saturated carbocycles. The number of fused-ring (bicyclic) bond motifs is 1. The average molecular weight is 402 g/mol. The number of thiazole rings is 1. The second-order valence-electron chi connectivity index (χ2n) is 5.85. The fourth-order valence-electron chi connectivity index (χ4n) is 2.60. The standard InChI is InChI=1S/C19H16ClN3O3S/c20-13-3-1-12(2-4-13)18-22-15(10-27-18)7-8-21-19(24)23-14-5-6-16-17(9-14)26-11-25-16/h1-6,9-10H,7-8,11H2,(H2,21,23,24). The van der Waals surface area contributed by atoms with Gasteiger partial charge in [0.2, 0.25) is 6.79 Å². The Hall–Kier alpha value is -2.77. The summed E-state index contributed by atoms with van der Waals surface area (Å²) in [7, 11) is 0. The molecule has 2 amide bonds. The number of anilines is 1. The quantitative estimate of drug-likeness (QED) is 0.657. The zero-order valence-corrected chi connectivity index (χ0v) is 15.8. The minimum atomic E-state index is -0.276. The van der Waals surface area contributed by atoms with E-state index in [0.717, 1.165) is 16.3 Å². The first-order chi connectivity index (χ1) is 13.2. The van der Waals surface area contributed by atoms with E-state index in [1.165, 1.54) is 0 Å². The molecule has 0 spiro atoms. The molecule has 0 atom stereocenters. The van der Waals surface area contributed by atoms with Crippen LogP contribution in [0, 0.1) is 0 Å². The summed E-state index contributed by atoms with van der Waals surface area (Å²) in [5, 5.41) is 9.25. The molecular weight excluding hydrogens is 386 g/mol. The normalized spacial score (nSPS) is 12.0. The average Bonchev–Trinajstić information content (AvgIpc) is 3.31. The second-order valence-corrected chi connectivity index (χ2v) is 7.14. The van der Waals surface area contributed by atoms with Gasteiger partial charge in [0.15, 0.2) is 11.5 Å². The van der Waals surface area contributed by atoms with Crippen LogP contribution < -0.4 is 20.1 Å². The topological polar surface area (TPSA) is 72.5 Å². The van der Waals surface area contributed by atoms with Crippen molar-refractivity contribution >= 4 is 34.7 Å². The molecule has 27 heavy (non-hydrogen) atoms. The monoisotopic (exact) mass is 401 g/mol. The van der Waals surface area contributed by atoms with E-state index in [4.69, 9.17) is 21.1 Å². The Bertz CT molecular complexity index is 959. The molecule has 3 aromatic rings. The Morgan fingerprint density at radius 2 is 1.96 bits per heavy atom. The first kappa shape index (κ1) is 17.6. The summed E-state index contributed by atoms with van der Waals surface area (Å²) in [5.41, 5.74) is 2.62. The van der Waals surface area contributed by atoms with Crippen LogP contribution in [0.2, 0.25) is 5.02 Å². The van der Waals surface area contributed by atoms with Gasteiger partial charge in [0, 0.05) is 40.7 Å². The molecule has 2 N–H and O–H groups in total. The minimum Gasteiger partial charge on any atom is -0.454 e. The van der Waals surface area contributed by atoms with Crippen molar-refractivity contribution in [3.8, 4) is 22.1 Å². The van der Waals surface area contributed by atoms with Crippen LogP contribution in [0.4, 0.5) is 10.5 Å². The van der Waals surface area contributed by atoms with Gasteiger partial charge in [-0.25, -0.2) is 9.78 Å². The lowest BCUT2D eigenvalue weighted by Crippen LogP contribution is -2.30. The van der Waals surface area contributed by atoms with Crippen molar-refractivity contribution in [2.24, 2.45) is 0 Å². The molecule has 0 radical (unpaired) electrons. The highest BCUT2D eigenvalue weighted by Crippen LogP contribution is 2.34. The molecule has 1 aromatic heterocycles. The summed E-state index contributed by atoms with van der Waals surface area (Å²) in [6.45, 7) is 0.691. The van der Waals surface area contributed by atoms with Crippen molar-refractivity contribution in [3.05, 3.63) is 58.6 Å². The summed E-state index contributed by atoms with van der Waals surface area (Å²) in [5.74, 6) is 1.31. The number of nitrogens with one attached hydrogen (secondary N) is 2. The summed E-state index contributed by atoms with van der Waals surface area (Å²) in [6.07, 6.45) is 0.651. The fraction of sp³-hybridized carbons (Fsp3) is 0.158. The van der Waals surface area contributed by atoms with Crippen molar-refractivity contribution in [2.75, 3.05) is 18.7 Å². The Balaban J connectivity index is 1.27. The molecule has 1 aliphatic rings. The van der Waals surface area contributed by atoms with Crippen molar-refractivity contribution in [2.45, 2.75) is 6.42 Å². The van der Waals surface area contributed by atoms with Crippen molar-refractivity contribution < 1.29 is 14.3 Å². The predicted molar refractivity (Wildman–Crippen MR) is 106 cm³/mol. The second kappa shape index (κ2) is 7.85. The number of ether oxygens (including phenoxy) is 2. The molecular formula is C19H16ClN3O3S. The molecule has 0 unspecified atom stereocenters. The van der Waals surface area contributed by atoms with E-state index in [0.29, 0.717) is 35.2 Å². The van der Waals surface area contributed by atoms with Gasteiger partial charge in [-0.2, -0.15) is 0 Å². The molecule has 0 aliphatic carbocycles. The highest BCUT2D eigenvalue weighted by molar-refractivity contribution is 7.13. The zero-order chi connectivity index (χ0) is 18.6. The largest absolute Gasteiger partial charge is 0.454 e. The van der Waals surface area contributed by atoms with Gasteiger partial charge < -0.3 is 20.1 Å². The number of hydrogen-bond donors (Lipinski definition) is 2. The molecule has 4 rings (SSSR count). The van der Waals surface area contributed by atoms with Gasteiger partial charge in [0.25, 0.3) is 0 Å². The van der Waals surface area contributed by atoms with Crippen LogP contribution in [0.1, 0.15) is 5.69 Å². The van der Waals surface area contributed by atoms with Crippen LogP contribution in [0.5, 0.6) is 11.5 Å². The smallest absolute Gasteiger partial charge is 0.319 e. The molecule has 0 fully saturated rings. The van der Waals surface area contributed by atoms with Gasteiger partial charge in [-0.3, -0.25) is 0 Å². The molecule has 1 aliphatic heterocycles. The first-order valence-corrected chi connectivity index (χ1v) is 9.58. The summed E-state index contributed by atoms with van der Waals surface area (Å²) >= 11 is 7.48. The number of urea groups is 1. The lowest BCUT2D eigenvalue weighted by molar-refractivity contribution is 0.174. The number of carbonyl (C=O) groups is 1. The van der Waals surface area contributed by atoms with Crippen LogP contribution in [-0.4, -0.2) is 24.4 Å². The van der Waals surface area contributed by atoms with Crippen LogP contribution >= 0.6 is 22.9 Å². The molecule has 8 heteroatoms. The molecule has 138 valence electrons. The number of hydrogen-bond acceptors (Lipinski definition) is 5. The highest BCUT2D eigenvalue weighted by atomic mass is 35.5. The lowest BCUT2D eigenvalue weighted by Gasteiger charge is -2.07. The molecule has 2 heterocycles. The SMILES string of the molecule is O=C(NCCc1csc(-c2ccc(Cl)cc2)n1)Nc1ccc2c(c1)OCO2. The first-order valence-electron chi connectivity index (χ1n) is 8.32. The number of amides is 2. The van der Waals surface area contributed by atoms with Crippen LogP contribution in [0.15, 0.2) is 47.8 Å². The number of carbonyl (C=O) groups excluding carboxylic acids is 1. The number of benzene rings is 2. The van der Waals surface area contributed by atoms with Crippen molar-refractivity contribution in [1.82, 2.24) is 10.3 Å². The van der Waals surface area contributed by atoms with E-state index in [-0.39, 0.29) is 12.8 Å².